The molecule has 3 rings (SSSR count). The molecule has 0 radical (unpaired) electrons. The average Bonchev–Trinajstić information content (AvgIpc) is 3.10. The zero-order chi connectivity index (χ0) is 22.6. The summed E-state index contributed by atoms with van der Waals surface area (Å²) in [7, 11) is 0. The zero-order valence-electron chi connectivity index (χ0n) is 18.3. The van der Waals surface area contributed by atoms with Crippen molar-refractivity contribution in [1.29, 1.82) is 0 Å². The molecule has 0 bridgehead atoms. The van der Waals surface area contributed by atoms with Gasteiger partial charge in [-0.05, 0) is 48.1 Å². The molecule has 0 aliphatic heterocycles. The number of nitrogens with zero attached hydrogens (tertiary/aromatic N) is 2. The summed E-state index contributed by atoms with van der Waals surface area (Å²) in [6, 6.07) is 12.2. The van der Waals surface area contributed by atoms with E-state index >= 15 is 0 Å². The van der Waals surface area contributed by atoms with Gasteiger partial charge in [-0.1, -0.05) is 45.0 Å². The van der Waals surface area contributed by atoms with Crippen molar-refractivity contribution in [2.45, 2.75) is 52.1 Å². The van der Waals surface area contributed by atoms with Crippen molar-refractivity contribution >= 4 is 0 Å². The summed E-state index contributed by atoms with van der Waals surface area (Å²) in [5.74, 6) is 0.161. The fourth-order valence-corrected chi connectivity index (χ4v) is 3.86. The lowest BCUT2D eigenvalue weighted by Crippen LogP contribution is -2.27. The van der Waals surface area contributed by atoms with E-state index in [1.807, 2.05) is 22.9 Å². The van der Waals surface area contributed by atoms with E-state index < -0.39 is 12.7 Å². The van der Waals surface area contributed by atoms with Crippen LogP contribution in [0.1, 0.15) is 50.9 Å². The first kappa shape index (κ1) is 23.1. The number of hydrogen-bond acceptors (Lipinski definition) is 2. The van der Waals surface area contributed by atoms with E-state index in [0.717, 1.165) is 11.4 Å². The van der Waals surface area contributed by atoms with Crippen molar-refractivity contribution in [3.63, 3.8) is 0 Å². The maximum absolute atomic E-state index is 13.8. The van der Waals surface area contributed by atoms with Crippen molar-refractivity contribution in [2.24, 2.45) is 11.1 Å². The molecule has 0 saturated carbocycles. The van der Waals surface area contributed by atoms with Gasteiger partial charge in [0.2, 0.25) is 0 Å². The first-order valence-corrected chi connectivity index (χ1v) is 10.6. The van der Waals surface area contributed by atoms with E-state index in [9.17, 15) is 13.2 Å². The maximum Gasteiger partial charge on any atom is 0.123 e. The van der Waals surface area contributed by atoms with E-state index in [-0.39, 0.29) is 23.0 Å². The fourth-order valence-electron chi connectivity index (χ4n) is 3.86. The second-order valence-electron chi connectivity index (χ2n) is 9.16. The molecular weight excluding hydrogens is 399 g/mol. The lowest BCUT2D eigenvalue weighted by Gasteiger charge is -2.31. The number of imidazole rings is 1. The standard InChI is InChI=1S/C25H30F3N3/c1-25(2,3)22(11-10-21(29)14-26)24-30-23(18-7-5-9-20(28)13-18)16-31(24)15-17-6-4-8-19(27)12-17/h4-9,12-13,16,21-22H,10-11,14-15,29H2,1-3H3/t21-,22?/m1/s1. The Balaban J connectivity index is 2.05. The fraction of sp³-hybridized carbons (Fsp3) is 0.400. The third kappa shape index (κ3) is 5.97. The molecule has 3 nitrogen and oxygen atoms in total. The molecule has 6 heteroatoms. The Morgan fingerprint density at radius 2 is 1.68 bits per heavy atom. The third-order valence-electron chi connectivity index (χ3n) is 5.55. The van der Waals surface area contributed by atoms with E-state index in [1.165, 1.54) is 24.3 Å². The second-order valence-corrected chi connectivity index (χ2v) is 9.16. The lowest BCUT2D eigenvalue weighted by atomic mass is 9.77. The van der Waals surface area contributed by atoms with Crippen molar-refractivity contribution in [3.05, 3.63) is 77.8 Å². The maximum atomic E-state index is 13.8. The minimum Gasteiger partial charge on any atom is -0.330 e. The Bertz CT molecular complexity index is 1010. The van der Waals surface area contributed by atoms with Gasteiger partial charge in [0.15, 0.2) is 0 Å². The molecule has 2 aromatic carbocycles. The van der Waals surface area contributed by atoms with Gasteiger partial charge in [0.1, 0.15) is 24.1 Å². The number of aromatic nitrogens is 2. The van der Waals surface area contributed by atoms with Crippen LogP contribution in [0.2, 0.25) is 0 Å². The Morgan fingerprint density at radius 3 is 2.29 bits per heavy atom. The van der Waals surface area contributed by atoms with Gasteiger partial charge in [0.05, 0.1) is 5.69 Å². The summed E-state index contributed by atoms with van der Waals surface area (Å²) < 4.78 is 42.6. The zero-order valence-corrected chi connectivity index (χ0v) is 18.3. The largest absolute Gasteiger partial charge is 0.330 e. The smallest absolute Gasteiger partial charge is 0.123 e. The van der Waals surface area contributed by atoms with Crippen molar-refractivity contribution in [3.8, 4) is 11.3 Å². The minimum atomic E-state index is -0.566. The van der Waals surface area contributed by atoms with Crippen LogP contribution in [0.4, 0.5) is 13.2 Å². The highest BCUT2D eigenvalue weighted by Crippen LogP contribution is 2.39. The molecule has 0 aliphatic carbocycles. The number of alkyl halides is 1. The molecule has 3 aromatic rings. The summed E-state index contributed by atoms with van der Waals surface area (Å²) in [6.45, 7) is 6.20. The number of hydrogen-bond donors (Lipinski definition) is 1. The van der Waals surface area contributed by atoms with Gasteiger partial charge in [-0.15, -0.1) is 0 Å². The van der Waals surface area contributed by atoms with Gasteiger partial charge in [-0.2, -0.15) is 0 Å². The quantitative estimate of drug-likeness (QED) is 0.471. The van der Waals surface area contributed by atoms with Crippen molar-refractivity contribution in [2.75, 3.05) is 6.67 Å². The Hall–Kier alpha value is -2.60. The van der Waals surface area contributed by atoms with Gasteiger partial charge in [-0.25, -0.2) is 18.2 Å². The van der Waals surface area contributed by atoms with E-state index in [4.69, 9.17) is 10.7 Å². The average molecular weight is 430 g/mol. The van der Waals surface area contributed by atoms with E-state index in [1.54, 1.807) is 12.1 Å². The Labute approximate surface area is 182 Å². The summed E-state index contributed by atoms with van der Waals surface area (Å²) >= 11 is 0. The van der Waals surface area contributed by atoms with E-state index in [2.05, 4.69) is 20.8 Å². The Morgan fingerprint density at radius 1 is 1.00 bits per heavy atom. The Kier molecular flexibility index (Phi) is 7.21. The summed E-state index contributed by atoms with van der Waals surface area (Å²) in [4.78, 5) is 4.88. The minimum absolute atomic E-state index is 0.0130. The molecule has 1 aromatic heterocycles. The first-order chi connectivity index (χ1) is 14.7. The summed E-state index contributed by atoms with van der Waals surface area (Å²) in [6.07, 6.45) is 3.07. The molecule has 0 spiro atoms. The lowest BCUT2D eigenvalue weighted by molar-refractivity contribution is 0.271. The molecule has 0 fully saturated rings. The van der Waals surface area contributed by atoms with Crippen LogP contribution in [0.25, 0.3) is 11.3 Å². The normalized spacial score (nSPS) is 13.9. The van der Waals surface area contributed by atoms with Crippen LogP contribution in [0.5, 0.6) is 0 Å². The van der Waals surface area contributed by atoms with Crippen LogP contribution in [0.15, 0.2) is 54.7 Å². The predicted molar refractivity (Wildman–Crippen MR) is 119 cm³/mol. The molecule has 1 unspecified atom stereocenters. The van der Waals surface area contributed by atoms with Gasteiger partial charge in [-0.3, -0.25) is 0 Å². The number of benzene rings is 2. The van der Waals surface area contributed by atoms with Gasteiger partial charge >= 0.3 is 0 Å². The van der Waals surface area contributed by atoms with Crippen LogP contribution in [0.3, 0.4) is 0 Å². The highest BCUT2D eigenvalue weighted by Gasteiger charge is 2.31. The van der Waals surface area contributed by atoms with Crippen LogP contribution in [-0.4, -0.2) is 22.3 Å². The highest BCUT2D eigenvalue weighted by molar-refractivity contribution is 5.58. The summed E-state index contributed by atoms with van der Waals surface area (Å²) in [5, 5.41) is 0. The van der Waals surface area contributed by atoms with E-state index in [0.29, 0.717) is 30.6 Å². The first-order valence-electron chi connectivity index (χ1n) is 10.6. The van der Waals surface area contributed by atoms with Crippen LogP contribution >= 0.6 is 0 Å². The summed E-state index contributed by atoms with van der Waals surface area (Å²) in [5.41, 5.74) is 7.81. The molecule has 0 aliphatic rings. The van der Waals surface area contributed by atoms with Gasteiger partial charge < -0.3 is 10.3 Å². The molecule has 2 atom stereocenters. The molecule has 1 heterocycles. The van der Waals surface area contributed by atoms with Crippen molar-refractivity contribution < 1.29 is 13.2 Å². The number of rotatable bonds is 8. The highest BCUT2D eigenvalue weighted by atomic mass is 19.1. The molecular formula is C25H30F3N3. The molecule has 31 heavy (non-hydrogen) atoms. The molecule has 2 N–H and O–H groups in total. The molecule has 0 amide bonds. The van der Waals surface area contributed by atoms with Gasteiger partial charge in [0, 0.05) is 30.3 Å². The number of halogens is 3. The van der Waals surface area contributed by atoms with Crippen LogP contribution in [0, 0.1) is 17.0 Å². The molecule has 166 valence electrons. The molecule has 0 saturated heterocycles. The van der Waals surface area contributed by atoms with Crippen molar-refractivity contribution in [1.82, 2.24) is 9.55 Å². The van der Waals surface area contributed by atoms with Crippen LogP contribution < -0.4 is 5.73 Å². The topological polar surface area (TPSA) is 43.8 Å². The monoisotopic (exact) mass is 429 g/mol. The predicted octanol–water partition coefficient (Wildman–Crippen LogP) is 6.08. The SMILES string of the molecule is CC(C)(C)C(CC[C@@H](N)CF)c1nc(-c2cccc(F)c2)cn1Cc1cccc(F)c1. The van der Waals surface area contributed by atoms with Crippen LogP contribution in [-0.2, 0) is 6.54 Å². The van der Waals surface area contributed by atoms with Gasteiger partial charge in [0.25, 0.3) is 0 Å². The second kappa shape index (κ2) is 9.69. The third-order valence-corrected chi connectivity index (χ3v) is 5.55. The number of nitrogens with two attached hydrogens (primary N) is 1.